The van der Waals surface area contributed by atoms with Gasteiger partial charge in [0.2, 0.25) is 0 Å². The first kappa shape index (κ1) is 34.0. The summed E-state index contributed by atoms with van der Waals surface area (Å²) in [5.74, 6) is -0.537. The summed E-state index contributed by atoms with van der Waals surface area (Å²) in [6, 6.07) is 0. The van der Waals surface area contributed by atoms with Gasteiger partial charge in [-0.1, -0.05) is 20.8 Å². The van der Waals surface area contributed by atoms with Gasteiger partial charge >= 0.3 is 0 Å². The van der Waals surface area contributed by atoms with E-state index in [-0.39, 0.29) is 47.4 Å². The number of fused-ring (bicyclic) bond motifs is 2. The molecule has 0 unspecified atom stereocenters. The molecule has 0 aromatic rings. The summed E-state index contributed by atoms with van der Waals surface area (Å²) in [5, 5.41) is 89.3. The van der Waals surface area contributed by atoms with Gasteiger partial charge in [-0.05, 0) is 100 Å². The van der Waals surface area contributed by atoms with Crippen molar-refractivity contribution in [3.8, 4) is 0 Å². The van der Waals surface area contributed by atoms with Crippen LogP contribution in [-0.2, 0) is 14.2 Å². The zero-order chi connectivity index (χ0) is 33.6. The average molecular weight is 655 g/mol. The standard InChI is InChI=1S/C35H58O11/c1-29(2)18-7-8-19-32(6)27(42)25(41)26(31(5)11-9-22(46-31)30(3,4)43)35(32,16-36)20(38)13-34(19)15-33(18,34)12-10-21(29)45-28-24(40)23(39)17(37)14-44-28/h17-28,36-43H,7-16H2,1-6H3/t17-,18+,19+,20+,21+,22-,23+,24-,25-,26-,27+,28+,31+,32-,33-,34+,35-/m1/s1. The van der Waals surface area contributed by atoms with Crippen LogP contribution in [-0.4, -0.2) is 120 Å². The molecule has 7 rings (SSSR count). The second kappa shape index (κ2) is 10.3. The van der Waals surface area contributed by atoms with E-state index in [4.69, 9.17) is 14.2 Å². The molecule has 7 fully saturated rings. The zero-order valence-electron chi connectivity index (χ0n) is 28.3. The maximum atomic E-state index is 12.4. The molecule has 2 aliphatic heterocycles. The van der Waals surface area contributed by atoms with Gasteiger partial charge in [0.25, 0.3) is 0 Å². The number of aliphatic hydroxyl groups excluding tert-OH is 7. The lowest BCUT2D eigenvalue weighted by molar-refractivity contribution is -0.305. The Kier molecular flexibility index (Phi) is 7.63. The summed E-state index contributed by atoms with van der Waals surface area (Å²) in [4.78, 5) is 0. The fourth-order valence-corrected chi connectivity index (χ4v) is 13.5. The Hall–Kier alpha value is -0.440. The molecule has 5 saturated carbocycles. The predicted molar refractivity (Wildman–Crippen MR) is 164 cm³/mol. The van der Waals surface area contributed by atoms with Crippen molar-refractivity contribution in [2.75, 3.05) is 13.2 Å². The van der Waals surface area contributed by atoms with Gasteiger partial charge in [0.1, 0.15) is 18.3 Å². The van der Waals surface area contributed by atoms with E-state index in [9.17, 15) is 40.9 Å². The number of aliphatic hydroxyl groups is 8. The van der Waals surface area contributed by atoms with Crippen molar-refractivity contribution in [2.24, 2.45) is 44.8 Å². The van der Waals surface area contributed by atoms with Crippen molar-refractivity contribution >= 4 is 0 Å². The van der Waals surface area contributed by atoms with Crippen molar-refractivity contribution in [2.45, 2.75) is 159 Å². The molecule has 2 spiro atoms. The van der Waals surface area contributed by atoms with Crippen LogP contribution < -0.4 is 0 Å². The first-order chi connectivity index (χ1) is 21.3. The lowest BCUT2D eigenvalue weighted by Gasteiger charge is -2.65. The van der Waals surface area contributed by atoms with E-state index in [0.29, 0.717) is 25.7 Å². The van der Waals surface area contributed by atoms with Gasteiger partial charge in [0, 0.05) is 16.7 Å². The maximum Gasteiger partial charge on any atom is 0.186 e. The van der Waals surface area contributed by atoms with E-state index < -0.39 is 77.0 Å². The van der Waals surface area contributed by atoms with E-state index in [1.54, 1.807) is 13.8 Å². The number of rotatable bonds is 5. The van der Waals surface area contributed by atoms with Crippen LogP contribution in [0.3, 0.4) is 0 Å². The summed E-state index contributed by atoms with van der Waals surface area (Å²) in [6.45, 7) is 11.2. The second-order valence-corrected chi connectivity index (χ2v) is 18.1. The van der Waals surface area contributed by atoms with Crippen LogP contribution in [0, 0.1) is 44.8 Å². The molecule has 46 heavy (non-hydrogen) atoms. The van der Waals surface area contributed by atoms with Crippen LogP contribution in [0.1, 0.15) is 92.9 Å². The molecule has 0 radical (unpaired) electrons. The summed E-state index contributed by atoms with van der Waals surface area (Å²) in [6.07, 6.45) is -3.36. The van der Waals surface area contributed by atoms with Gasteiger partial charge in [0.05, 0.1) is 54.9 Å². The minimum absolute atomic E-state index is 0.0371. The fraction of sp³-hybridized carbons (Fsp3) is 1.00. The molecule has 5 aliphatic carbocycles. The molecule has 7 aliphatic rings. The number of hydrogen-bond donors (Lipinski definition) is 8. The SMILES string of the molecule is CC(C)(O)[C@H]1CC[C@@](C)([C@H]2[C@@H](O)[C@H](O)[C@@]3(C)[C@@H]4CC[C@H]5C(C)(C)[C@@H](O[C@@H]6OC[C@@H](O)[C@H](O)[C@H]6O)CC[C@@]56C[C@@]46C[C@H](O)[C@]23CO)O1. The quantitative estimate of drug-likeness (QED) is 0.196. The minimum Gasteiger partial charge on any atom is -0.396 e. The fourth-order valence-electron chi connectivity index (χ4n) is 13.5. The third-order valence-corrected chi connectivity index (χ3v) is 15.6. The minimum atomic E-state index is -1.36. The lowest BCUT2D eigenvalue weighted by atomic mass is 9.40. The van der Waals surface area contributed by atoms with Gasteiger partial charge in [-0.2, -0.15) is 0 Å². The van der Waals surface area contributed by atoms with E-state index in [1.165, 1.54) is 0 Å². The highest BCUT2D eigenvalue weighted by Gasteiger charge is 2.87. The maximum absolute atomic E-state index is 12.4. The molecule has 0 aromatic heterocycles. The van der Waals surface area contributed by atoms with E-state index in [1.807, 2.05) is 13.8 Å². The molecular weight excluding hydrogens is 596 g/mol. The van der Waals surface area contributed by atoms with Crippen LogP contribution in [0.2, 0.25) is 0 Å². The van der Waals surface area contributed by atoms with Crippen molar-refractivity contribution in [1.82, 2.24) is 0 Å². The molecular formula is C35H58O11. The Morgan fingerprint density at radius 1 is 0.826 bits per heavy atom. The molecule has 11 heteroatoms. The Balaban J connectivity index is 1.20. The molecule has 2 saturated heterocycles. The zero-order valence-corrected chi connectivity index (χ0v) is 28.3. The van der Waals surface area contributed by atoms with Crippen molar-refractivity contribution in [3.05, 3.63) is 0 Å². The third-order valence-electron chi connectivity index (χ3n) is 15.6. The molecule has 8 N–H and O–H groups in total. The van der Waals surface area contributed by atoms with Crippen LogP contribution in [0.4, 0.5) is 0 Å². The third kappa shape index (κ3) is 3.99. The monoisotopic (exact) mass is 654 g/mol. The van der Waals surface area contributed by atoms with Crippen LogP contribution in [0.15, 0.2) is 0 Å². The summed E-state index contributed by atoms with van der Waals surface area (Å²) in [5.41, 5.74) is -4.93. The van der Waals surface area contributed by atoms with E-state index in [0.717, 1.165) is 25.7 Å². The van der Waals surface area contributed by atoms with Crippen LogP contribution in [0.25, 0.3) is 0 Å². The number of hydrogen-bond acceptors (Lipinski definition) is 11. The van der Waals surface area contributed by atoms with E-state index in [2.05, 4.69) is 13.8 Å². The van der Waals surface area contributed by atoms with Crippen molar-refractivity contribution in [3.63, 3.8) is 0 Å². The molecule has 11 nitrogen and oxygen atoms in total. The molecule has 17 atom stereocenters. The average Bonchev–Trinajstić information content (AvgIpc) is 3.36. The normalized spacial score (nSPS) is 59.3. The smallest absolute Gasteiger partial charge is 0.186 e. The topological polar surface area (TPSA) is 190 Å². The summed E-state index contributed by atoms with van der Waals surface area (Å²) < 4.78 is 18.5. The summed E-state index contributed by atoms with van der Waals surface area (Å²) in [7, 11) is 0. The second-order valence-electron chi connectivity index (χ2n) is 18.1. The van der Waals surface area contributed by atoms with Crippen LogP contribution in [0.5, 0.6) is 0 Å². The Morgan fingerprint density at radius 2 is 1.50 bits per heavy atom. The van der Waals surface area contributed by atoms with Gasteiger partial charge in [-0.25, -0.2) is 0 Å². The number of ether oxygens (including phenoxy) is 3. The molecule has 0 bridgehead atoms. The van der Waals surface area contributed by atoms with Gasteiger partial charge in [-0.3, -0.25) is 0 Å². The highest BCUT2D eigenvalue weighted by molar-refractivity contribution is 5.35. The Labute approximate surface area is 272 Å². The highest BCUT2D eigenvalue weighted by Crippen LogP contribution is 2.89. The van der Waals surface area contributed by atoms with Crippen LogP contribution >= 0.6 is 0 Å². The van der Waals surface area contributed by atoms with Gasteiger partial charge < -0.3 is 55.1 Å². The predicted octanol–water partition coefficient (Wildman–Crippen LogP) is 0.843. The molecule has 264 valence electrons. The first-order valence-electron chi connectivity index (χ1n) is 17.6. The largest absolute Gasteiger partial charge is 0.396 e. The molecule has 2 heterocycles. The first-order valence-corrected chi connectivity index (χ1v) is 17.6. The highest BCUT2D eigenvalue weighted by atomic mass is 16.7. The van der Waals surface area contributed by atoms with Crippen molar-refractivity contribution < 1.29 is 55.1 Å². The molecule has 0 aromatic carbocycles. The van der Waals surface area contributed by atoms with E-state index >= 15 is 0 Å². The summed E-state index contributed by atoms with van der Waals surface area (Å²) >= 11 is 0. The Bertz CT molecular complexity index is 1210. The van der Waals surface area contributed by atoms with Crippen molar-refractivity contribution in [1.29, 1.82) is 0 Å². The van der Waals surface area contributed by atoms with Gasteiger partial charge in [0.15, 0.2) is 6.29 Å². The molecule has 0 amide bonds. The lowest BCUT2D eigenvalue weighted by Crippen LogP contribution is -2.68. The Morgan fingerprint density at radius 3 is 2.13 bits per heavy atom. The van der Waals surface area contributed by atoms with Gasteiger partial charge in [-0.15, -0.1) is 0 Å².